The molecule has 0 saturated carbocycles. The van der Waals surface area contributed by atoms with Gasteiger partial charge in [-0.1, -0.05) is 51.9 Å². The predicted molar refractivity (Wildman–Crippen MR) is 85.6 cm³/mol. The van der Waals surface area contributed by atoms with E-state index in [9.17, 15) is 5.11 Å². The lowest BCUT2D eigenvalue weighted by Gasteiger charge is -2.27. The molecule has 0 aromatic rings. The second kappa shape index (κ2) is 9.77. The Hall–Kier alpha value is -0.0800. The Labute approximate surface area is 121 Å². The van der Waals surface area contributed by atoms with Crippen molar-refractivity contribution in [2.45, 2.75) is 104 Å². The summed E-state index contributed by atoms with van der Waals surface area (Å²) in [5, 5.41) is 13.8. The third-order valence-electron chi connectivity index (χ3n) is 3.64. The maximum absolute atomic E-state index is 10.3. The molecule has 2 N–H and O–H groups in total. The lowest BCUT2D eigenvalue weighted by atomic mass is 9.93. The van der Waals surface area contributed by atoms with Gasteiger partial charge in [-0.2, -0.15) is 0 Å². The fourth-order valence-corrected chi connectivity index (χ4v) is 2.29. The molecule has 0 radical (unpaired) electrons. The van der Waals surface area contributed by atoms with Crippen LogP contribution in [-0.2, 0) is 0 Å². The molecule has 0 rings (SSSR count). The maximum Gasteiger partial charge on any atom is 0.0631 e. The number of hydrogen-bond donors (Lipinski definition) is 2. The Bertz CT molecular complexity index is 206. The smallest absolute Gasteiger partial charge is 0.0631 e. The largest absolute Gasteiger partial charge is 0.390 e. The first-order chi connectivity index (χ1) is 8.77. The van der Waals surface area contributed by atoms with E-state index < -0.39 is 5.60 Å². The average molecular weight is 271 g/mol. The van der Waals surface area contributed by atoms with Gasteiger partial charge in [0.05, 0.1) is 5.60 Å². The molecule has 0 heterocycles. The Morgan fingerprint density at radius 1 is 0.789 bits per heavy atom. The third-order valence-corrected chi connectivity index (χ3v) is 3.64. The van der Waals surface area contributed by atoms with Crippen LogP contribution in [0.25, 0.3) is 0 Å². The molecule has 19 heavy (non-hydrogen) atoms. The molecule has 0 saturated heterocycles. The highest BCUT2D eigenvalue weighted by Gasteiger charge is 2.20. The molecule has 2 nitrogen and oxygen atoms in total. The third kappa shape index (κ3) is 14.1. The molecular weight excluding hydrogens is 234 g/mol. The summed E-state index contributed by atoms with van der Waals surface area (Å²) in [5.41, 5.74) is -0.350. The molecule has 0 aliphatic rings. The summed E-state index contributed by atoms with van der Waals surface area (Å²) in [6.07, 6.45) is 11.0. The number of hydrogen-bond acceptors (Lipinski definition) is 2. The quantitative estimate of drug-likeness (QED) is 0.536. The van der Waals surface area contributed by atoms with Crippen molar-refractivity contribution in [2.75, 3.05) is 6.54 Å². The molecule has 0 amide bonds. The first-order valence-corrected chi connectivity index (χ1v) is 8.24. The first-order valence-electron chi connectivity index (χ1n) is 8.24. The monoisotopic (exact) mass is 271 g/mol. The second-order valence-electron chi connectivity index (χ2n) is 7.30. The molecular formula is C17H37NO. The minimum absolute atomic E-state index is 0.148. The molecule has 0 aliphatic heterocycles. The van der Waals surface area contributed by atoms with Gasteiger partial charge < -0.3 is 10.4 Å². The zero-order chi connectivity index (χ0) is 14.8. The van der Waals surface area contributed by atoms with Gasteiger partial charge in [-0.05, 0) is 47.1 Å². The Kier molecular flexibility index (Phi) is 9.72. The van der Waals surface area contributed by atoms with Crippen LogP contribution in [0.1, 0.15) is 92.4 Å². The van der Waals surface area contributed by atoms with E-state index >= 15 is 0 Å². The molecule has 2 heteroatoms. The summed E-state index contributed by atoms with van der Waals surface area (Å²) in [4.78, 5) is 0. The molecule has 0 aliphatic carbocycles. The summed E-state index contributed by atoms with van der Waals surface area (Å²) < 4.78 is 0. The van der Waals surface area contributed by atoms with Crippen LogP contribution in [0, 0.1) is 0 Å². The molecule has 0 aromatic carbocycles. The predicted octanol–water partition coefficient (Wildman–Crippen LogP) is 4.66. The Balaban J connectivity index is 3.51. The summed E-state index contributed by atoms with van der Waals surface area (Å²) in [6, 6.07) is 0. The molecule has 0 fully saturated rings. The van der Waals surface area contributed by atoms with Crippen molar-refractivity contribution in [3.8, 4) is 0 Å². The number of rotatable bonds is 11. The lowest BCUT2D eigenvalue weighted by Crippen LogP contribution is -2.39. The number of nitrogens with one attached hydrogen (secondary N) is 1. The highest BCUT2D eigenvalue weighted by atomic mass is 16.3. The van der Waals surface area contributed by atoms with Gasteiger partial charge in [0, 0.05) is 5.54 Å². The number of aliphatic hydroxyl groups is 1. The van der Waals surface area contributed by atoms with Crippen molar-refractivity contribution in [2.24, 2.45) is 0 Å². The van der Waals surface area contributed by atoms with Gasteiger partial charge in [-0.15, -0.1) is 0 Å². The topological polar surface area (TPSA) is 32.3 Å². The first kappa shape index (κ1) is 18.9. The molecule has 116 valence electrons. The van der Waals surface area contributed by atoms with Crippen LogP contribution in [0.3, 0.4) is 0 Å². The minimum Gasteiger partial charge on any atom is -0.390 e. The Morgan fingerprint density at radius 2 is 1.32 bits per heavy atom. The van der Waals surface area contributed by atoms with E-state index in [0.717, 1.165) is 25.8 Å². The number of unbranched alkanes of at least 4 members (excludes halogenated alkanes) is 6. The Morgan fingerprint density at radius 3 is 1.84 bits per heavy atom. The summed E-state index contributed by atoms with van der Waals surface area (Å²) >= 11 is 0. The zero-order valence-electron chi connectivity index (χ0n) is 14.0. The van der Waals surface area contributed by atoms with Gasteiger partial charge in [-0.3, -0.25) is 0 Å². The summed E-state index contributed by atoms with van der Waals surface area (Å²) in [7, 11) is 0. The van der Waals surface area contributed by atoms with Crippen molar-refractivity contribution in [3.05, 3.63) is 0 Å². The average Bonchev–Trinajstić information content (AvgIpc) is 2.25. The van der Waals surface area contributed by atoms with Crippen molar-refractivity contribution in [1.29, 1.82) is 0 Å². The summed E-state index contributed by atoms with van der Waals surface area (Å²) in [6.45, 7) is 11.6. The van der Waals surface area contributed by atoms with E-state index in [1.807, 2.05) is 6.92 Å². The van der Waals surface area contributed by atoms with Crippen molar-refractivity contribution >= 4 is 0 Å². The fourth-order valence-electron chi connectivity index (χ4n) is 2.29. The van der Waals surface area contributed by atoms with Gasteiger partial charge in [0.15, 0.2) is 0 Å². The van der Waals surface area contributed by atoms with E-state index in [1.54, 1.807) is 0 Å². The fraction of sp³-hybridized carbons (Fsp3) is 1.00. The van der Waals surface area contributed by atoms with Gasteiger partial charge in [0.1, 0.15) is 0 Å². The summed E-state index contributed by atoms with van der Waals surface area (Å²) in [5.74, 6) is 0. The van der Waals surface area contributed by atoms with E-state index in [0.29, 0.717) is 0 Å². The molecule has 1 atom stereocenters. The highest BCUT2D eigenvalue weighted by molar-refractivity contribution is 4.77. The van der Waals surface area contributed by atoms with Crippen molar-refractivity contribution < 1.29 is 5.11 Å². The lowest BCUT2D eigenvalue weighted by molar-refractivity contribution is 0.0381. The van der Waals surface area contributed by atoms with Crippen LogP contribution in [0.15, 0.2) is 0 Å². The van der Waals surface area contributed by atoms with Crippen LogP contribution in [0.5, 0.6) is 0 Å². The van der Waals surface area contributed by atoms with Gasteiger partial charge in [0.2, 0.25) is 0 Å². The van der Waals surface area contributed by atoms with Gasteiger partial charge in [-0.25, -0.2) is 0 Å². The van der Waals surface area contributed by atoms with E-state index in [2.05, 4.69) is 33.0 Å². The molecule has 0 spiro atoms. The standard InChI is InChI=1S/C17H37NO/c1-6-7-8-9-10-11-12-13-17(5,19)14-15-18-16(2,3)4/h18-19H,6-15H2,1-5H3. The van der Waals surface area contributed by atoms with E-state index in [4.69, 9.17) is 0 Å². The minimum atomic E-state index is -0.498. The van der Waals surface area contributed by atoms with Crippen molar-refractivity contribution in [1.82, 2.24) is 5.32 Å². The zero-order valence-corrected chi connectivity index (χ0v) is 14.0. The molecule has 0 bridgehead atoms. The van der Waals surface area contributed by atoms with Crippen LogP contribution < -0.4 is 5.32 Å². The van der Waals surface area contributed by atoms with Crippen LogP contribution in [0.4, 0.5) is 0 Å². The van der Waals surface area contributed by atoms with Crippen LogP contribution >= 0.6 is 0 Å². The van der Waals surface area contributed by atoms with Gasteiger partial charge in [0.25, 0.3) is 0 Å². The van der Waals surface area contributed by atoms with E-state index in [-0.39, 0.29) is 5.54 Å². The maximum atomic E-state index is 10.3. The van der Waals surface area contributed by atoms with Crippen LogP contribution in [0.2, 0.25) is 0 Å². The van der Waals surface area contributed by atoms with Crippen molar-refractivity contribution in [3.63, 3.8) is 0 Å². The van der Waals surface area contributed by atoms with E-state index in [1.165, 1.54) is 38.5 Å². The normalized spacial score (nSPS) is 15.5. The SMILES string of the molecule is CCCCCCCCCC(C)(O)CCNC(C)(C)C. The van der Waals surface area contributed by atoms with Crippen LogP contribution in [-0.4, -0.2) is 22.8 Å². The molecule has 1 unspecified atom stereocenters. The second-order valence-corrected chi connectivity index (χ2v) is 7.30. The van der Waals surface area contributed by atoms with Gasteiger partial charge >= 0.3 is 0 Å². The highest BCUT2D eigenvalue weighted by Crippen LogP contribution is 2.19. The molecule has 0 aromatic heterocycles.